The Morgan fingerprint density at radius 3 is 2.75 bits per heavy atom. The normalized spacial score (nSPS) is 16.6. The Hall–Kier alpha value is -1.16. The van der Waals surface area contributed by atoms with Gasteiger partial charge in [-0.05, 0) is 19.8 Å². The van der Waals surface area contributed by atoms with Gasteiger partial charge in [0.05, 0.1) is 17.5 Å². The van der Waals surface area contributed by atoms with Crippen LogP contribution in [0.25, 0.3) is 0 Å². The summed E-state index contributed by atoms with van der Waals surface area (Å²) in [6.45, 7) is 8.34. The van der Waals surface area contributed by atoms with Crippen LogP contribution in [0.4, 0.5) is 5.82 Å². The summed E-state index contributed by atoms with van der Waals surface area (Å²) in [7, 11) is 0. The zero-order valence-electron chi connectivity index (χ0n) is 10.5. The second kappa shape index (κ2) is 5.25. The number of aryl methyl sites for hydroxylation is 1. The Labute approximate surface area is 97.1 Å². The van der Waals surface area contributed by atoms with Gasteiger partial charge in [0, 0.05) is 12.7 Å². The van der Waals surface area contributed by atoms with E-state index in [1.807, 2.05) is 20.8 Å². The van der Waals surface area contributed by atoms with Crippen LogP contribution in [0.5, 0.6) is 0 Å². The fraction of sp³-hybridized carbons (Fsp3) is 0.667. The highest BCUT2D eigenvalue weighted by Crippen LogP contribution is 2.20. The van der Waals surface area contributed by atoms with Crippen LogP contribution < -0.4 is 5.32 Å². The lowest BCUT2D eigenvalue weighted by Crippen LogP contribution is -2.40. The molecule has 0 fully saturated rings. The van der Waals surface area contributed by atoms with Gasteiger partial charge in [-0.15, -0.1) is 0 Å². The molecular weight excluding hydrogens is 202 g/mol. The van der Waals surface area contributed by atoms with Crippen LogP contribution in [0.1, 0.15) is 32.9 Å². The summed E-state index contributed by atoms with van der Waals surface area (Å²) in [5.41, 5.74) is 0.147. The van der Waals surface area contributed by atoms with Crippen molar-refractivity contribution in [1.29, 1.82) is 0 Å². The molecule has 1 rings (SSSR count). The first kappa shape index (κ1) is 12.9. The second-order valence-corrected chi connectivity index (χ2v) is 4.57. The molecule has 4 heteroatoms. The number of rotatable bonds is 5. The van der Waals surface area contributed by atoms with Crippen molar-refractivity contribution in [3.05, 3.63) is 18.1 Å². The van der Waals surface area contributed by atoms with Gasteiger partial charge in [-0.1, -0.05) is 20.3 Å². The summed E-state index contributed by atoms with van der Waals surface area (Å²) < 4.78 is 0. The summed E-state index contributed by atoms with van der Waals surface area (Å²) in [4.78, 5) is 8.32. The standard InChI is InChI=1S/C12H21N3O/c1-5-9(2)12(4,16)8-14-11-7-13-6-10(3)15-11/h6-7,9,16H,5,8H2,1-4H3,(H,14,15). The molecule has 1 aromatic heterocycles. The van der Waals surface area contributed by atoms with Gasteiger partial charge in [-0.25, -0.2) is 4.98 Å². The smallest absolute Gasteiger partial charge is 0.144 e. The molecule has 0 spiro atoms. The van der Waals surface area contributed by atoms with E-state index in [2.05, 4.69) is 22.2 Å². The topological polar surface area (TPSA) is 58.0 Å². The minimum absolute atomic E-state index is 0.248. The van der Waals surface area contributed by atoms with Gasteiger partial charge < -0.3 is 10.4 Å². The van der Waals surface area contributed by atoms with Crippen LogP contribution in [0.3, 0.4) is 0 Å². The highest BCUT2D eigenvalue weighted by atomic mass is 16.3. The van der Waals surface area contributed by atoms with Gasteiger partial charge in [0.2, 0.25) is 0 Å². The van der Waals surface area contributed by atoms with Gasteiger partial charge in [-0.2, -0.15) is 0 Å². The molecule has 0 aliphatic rings. The molecule has 1 heterocycles. The lowest BCUT2D eigenvalue weighted by molar-refractivity contribution is 0.0175. The molecule has 4 nitrogen and oxygen atoms in total. The number of aliphatic hydroxyl groups is 1. The molecular formula is C12H21N3O. The van der Waals surface area contributed by atoms with E-state index in [1.165, 1.54) is 0 Å². The lowest BCUT2D eigenvalue weighted by atomic mass is 9.89. The quantitative estimate of drug-likeness (QED) is 0.801. The largest absolute Gasteiger partial charge is 0.388 e. The number of hydrogen-bond donors (Lipinski definition) is 2. The highest BCUT2D eigenvalue weighted by Gasteiger charge is 2.26. The predicted molar refractivity (Wildman–Crippen MR) is 65.3 cm³/mol. The molecule has 0 radical (unpaired) electrons. The summed E-state index contributed by atoms with van der Waals surface area (Å²) in [5.74, 6) is 0.960. The Kier molecular flexibility index (Phi) is 4.24. The summed E-state index contributed by atoms with van der Waals surface area (Å²) in [6.07, 6.45) is 4.33. The summed E-state index contributed by atoms with van der Waals surface area (Å²) >= 11 is 0. The van der Waals surface area contributed by atoms with Crippen LogP contribution in [-0.4, -0.2) is 27.2 Å². The molecule has 2 atom stereocenters. The van der Waals surface area contributed by atoms with Crippen molar-refractivity contribution in [3.8, 4) is 0 Å². The Morgan fingerprint density at radius 1 is 1.50 bits per heavy atom. The zero-order valence-corrected chi connectivity index (χ0v) is 10.5. The zero-order chi connectivity index (χ0) is 12.2. The molecule has 1 aromatic rings. The van der Waals surface area contributed by atoms with E-state index in [4.69, 9.17) is 0 Å². The summed E-state index contributed by atoms with van der Waals surface area (Å²) in [6, 6.07) is 0. The van der Waals surface area contributed by atoms with E-state index in [0.29, 0.717) is 12.4 Å². The van der Waals surface area contributed by atoms with Crippen molar-refractivity contribution >= 4 is 5.82 Å². The van der Waals surface area contributed by atoms with Crippen molar-refractivity contribution in [1.82, 2.24) is 9.97 Å². The Bertz CT molecular complexity index is 339. The first-order valence-corrected chi connectivity index (χ1v) is 5.70. The van der Waals surface area contributed by atoms with Crippen LogP contribution in [0.15, 0.2) is 12.4 Å². The van der Waals surface area contributed by atoms with Gasteiger partial charge in [-0.3, -0.25) is 4.98 Å². The fourth-order valence-corrected chi connectivity index (χ4v) is 1.43. The van der Waals surface area contributed by atoms with Gasteiger partial charge in [0.1, 0.15) is 5.82 Å². The first-order valence-electron chi connectivity index (χ1n) is 5.70. The van der Waals surface area contributed by atoms with Crippen molar-refractivity contribution < 1.29 is 5.11 Å². The van der Waals surface area contributed by atoms with Gasteiger partial charge in [0.25, 0.3) is 0 Å². The number of nitrogens with one attached hydrogen (secondary N) is 1. The average molecular weight is 223 g/mol. The molecule has 0 aliphatic carbocycles. The maximum atomic E-state index is 10.2. The van der Waals surface area contributed by atoms with Crippen molar-refractivity contribution in [3.63, 3.8) is 0 Å². The molecule has 2 N–H and O–H groups in total. The van der Waals surface area contributed by atoms with E-state index in [9.17, 15) is 5.11 Å². The van der Waals surface area contributed by atoms with Crippen LogP contribution in [0, 0.1) is 12.8 Å². The number of nitrogens with zero attached hydrogens (tertiary/aromatic N) is 2. The molecule has 0 bridgehead atoms. The minimum atomic E-state index is -0.722. The predicted octanol–water partition coefficient (Wildman–Crippen LogP) is 1.99. The van der Waals surface area contributed by atoms with Crippen LogP contribution in [-0.2, 0) is 0 Å². The third-order valence-corrected chi connectivity index (χ3v) is 3.06. The maximum Gasteiger partial charge on any atom is 0.144 e. The van der Waals surface area contributed by atoms with Crippen molar-refractivity contribution in [2.24, 2.45) is 5.92 Å². The molecule has 0 saturated carbocycles. The molecule has 0 saturated heterocycles. The second-order valence-electron chi connectivity index (χ2n) is 4.57. The number of hydrogen-bond acceptors (Lipinski definition) is 4. The third-order valence-electron chi connectivity index (χ3n) is 3.06. The Morgan fingerprint density at radius 2 is 2.19 bits per heavy atom. The van der Waals surface area contributed by atoms with E-state index in [-0.39, 0.29) is 5.92 Å². The minimum Gasteiger partial charge on any atom is -0.388 e. The van der Waals surface area contributed by atoms with Gasteiger partial charge >= 0.3 is 0 Å². The van der Waals surface area contributed by atoms with Crippen molar-refractivity contribution in [2.75, 3.05) is 11.9 Å². The van der Waals surface area contributed by atoms with Gasteiger partial charge in [0.15, 0.2) is 0 Å². The number of aromatic nitrogens is 2. The molecule has 0 amide bonds. The Balaban J connectivity index is 2.57. The fourth-order valence-electron chi connectivity index (χ4n) is 1.43. The third kappa shape index (κ3) is 3.45. The SMILES string of the molecule is CCC(C)C(C)(O)CNc1cncc(C)n1. The monoisotopic (exact) mass is 223 g/mol. The first-order chi connectivity index (χ1) is 7.45. The summed E-state index contributed by atoms with van der Waals surface area (Å²) in [5, 5.41) is 13.3. The highest BCUT2D eigenvalue weighted by molar-refractivity contribution is 5.32. The van der Waals surface area contributed by atoms with Crippen LogP contribution in [0.2, 0.25) is 0 Å². The average Bonchev–Trinajstić information content (AvgIpc) is 2.25. The van der Waals surface area contributed by atoms with Crippen molar-refractivity contribution in [2.45, 2.75) is 39.7 Å². The van der Waals surface area contributed by atoms with E-state index >= 15 is 0 Å². The van der Waals surface area contributed by atoms with E-state index in [0.717, 1.165) is 12.1 Å². The lowest BCUT2D eigenvalue weighted by Gasteiger charge is -2.29. The molecule has 90 valence electrons. The molecule has 16 heavy (non-hydrogen) atoms. The van der Waals surface area contributed by atoms with Crippen LogP contribution >= 0.6 is 0 Å². The molecule has 2 unspecified atom stereocenters. The van der Waals surface area contributed by atoms with E-state index in [1.54, 1.807) is 12.4 Å². The molecule has 0 aromatic carbocycles. The van der Waals surface area contributed by atoms with E-state index < -0.39 is 5.60 Å². The maximum absolute atomic E-state index is 10.2. The molecule has 0 aliphatic heterocycles. The number of anilines is 1.